The Labute approximate surface area is 150 Å². The fourth-order valence-corrected chi connectivity index (χ4v) is 3.41. The highest BCUT2D eigenvalue weighted by molar-refractivity contribution is 5.94. The van der Waals surface area contributed by atoms with Crippen LogP contribution in [0.25, 0.3) is 11.1 Å². The normalized spacial score (nSPS) is 24.0. The lowest BCUT2D eigenvalue weighted by atomic mass is 10.0. The third-order valence-corrected chi connectivity index (χ3v) is 4.85. The van der Waals surface area contributed by atoms with Gasteiger partial charge in [-0.05, 0) is 23.8 Å². The lowest BCUT2D eigenvalue weighted by Gasteiger charge is -2.34. The molecule has 0 bridgehead atoms. The summed E-state index contributed by atoms with van der Waals surface area (Å²) in [5.41, 5.74) is 2.95. The van der Waals surface area contributed by atoms with Crippen LogP contribution in [0.3, 0.4) is 0 Å². The lowest BCUT2D eigenvalue weighted by Crippen LogP contribution is -2.46. The molecule has 3 atom stereocenters. The Morgan fingerprint density at radius 2 is 2.12 bits per heavy atom. The quantitative estimate of drug-likeness (QED) is 0.804. The number of nitrogens with zero attached hydrogens (tertiary/aromatic N) is 2. The molecule has 1 fully saturated rings. The molecule has 0 amide bonds. The number of ketones is 1. The second kappa shape index (κ2) is 6.68. The van der Waals surface area contributed by atoms with Crippen molar-refractivity contribution in [3.63, 3.8) is 0 Å². The standard InChI is InChI=1S/C19H20N2O5/c1-2-16(23)13-5-3-12(8-20-13)11-4-6-14-17(7-11)25-10-15-18(9-22)26-19(24)21(14)15/h3-8,15,18-19,22,24H,2,9-10H2,1H3. The van der Waals surface area contributed by atoms with Gasteiger partial charge in [0.05, 0.1) is 18.3 Å². The van der Waals surface area contributed by atoms with Crippen molar-refractivity contribution in [3.05, 3.63) is 42.2 Å². The first-order valence-corrected chi connectivity index (χ1v) is 8.61. The van der Waals surface area contributed by atoms with Crippen molar-refractivity contribution in [1.29, 1.82) is 0 Å². The van der Waals surface area contributed by atoms with E-state index >= 15 is 0 Å². The fourth-order valence-electron chi connectivity index (χ4n) is 3.41. The topological polar surface area (TPSA) is 92.1 Å². The van der Waals surface area contributed by atoms with Crippen LogP contribution < -0.4 is 9.64 Å². The van der Waals surface area contributed by atoms with Gasteiger partial charge in [0.25, 0.3) is 0 Å². The van der Waals surface area contributed by atoms with Crippen molar-refractivity contribution < 1.29 is 24.5 Å². The number of aliphatic hydroxyl groups excluding tert-OH is 2. The smallest absolute Gasteiger partial charge is 0.238 e. The number of ether oxygens (including phenoxy) is 2. The fraction of sp³-hybridized carbons (Fsp3) is 0.368. The van der Waals surface area contributed by atoms with Crippen LogP contribution in [0.1, 0.15) is 23.8 Å². The van der Waals surface area contributed by atoms with Crippen molar-refractivity contribution in [3.8, 4) is 16.9 Å². The molecule has 7 nitrogen and oxygen atoms in total. The Balaban J connectivity index is 1.63. The predicted molar refractivity (Wildman–Crippen MR) is 94.0 cm³/mol. The van der Waals surface area contributed by atoms with Gasteiger partial charge >= 0.3 is 0 Å². The molecule has 2 aromatic rings. The largest absolute Gasteiger partial charge is 0.489 e. The van der Waals surface area contributed by atoms with Crippen LogP contribution in [0.15, 0.2) is 36.5 Å². The molecule has 1 aromatic heterocycles. The number of aliphatic hydroxyl groups is 2. The number of hydrogen-bond acceptors (Lipinski definition) is 7. The number of pyridine rings is 1. The molecule has 136 valence electrons. The van der Waals surface area contributed by atoms with Gasteiger partial charge in [0.1, 0.15) is 24.2 Å². The number of Topliss-reactive ketones (excluding diaryl/α,β-unsaturated/α-hetero) is 1. The molecule has 4 rings (SSSR count). The Morgan fingerprint density at radius 1 is 1.31 bits per heavy atom. The van der Waals surface area contributed by atoms with E-state index < -0.39 is 12.5 Å². The first kappa shape index (κ1) is 17.0. The van der Waals surface area contributed by atoms with E-state index in [1.807, 2.05) is 31.2 Å². The number of carbonyl (C=O) groups excluding carboxylic acids is 1. The number of hydrogen-bond donors (Lipinski definition) is 2. The van der Waals surface area contributed by atoms with E-state index in [-0.39, 0.29) is 18.4 Å². The number of rotatable bonds is 4. The molecule has 0 saturated carbocycles. The predicted octanol–water partition coefficient (Wildman–Crippen LogP) is 1.58. The third-order valence-electron chi connectivity index (χ3n) is 4.85. The van der Waals surface area contributed by atoms with Crippen LogP contribution in [-0.4, -0.2) is 52.8 Å². The number of aromatic nitrogens is 1. The first-order valence-electron chi connectivity index (χ1n) is 8.61. The summed E-state index contributed by atoms with van der Waals surface area (Å²) in [6, 6.07) is 8.99. The Bertz CT molecular complexity index is 823. The van der Waals surface area contributed by atoms with E-state index in [0.717, 1.165) is 16.8 Å². The summed E-state index contributed by atoms with van der Waals surface area (Å²) in [4.78, 5) is 17.7. The Kier molecular flexibility index (Phi) is 4.36. The molecular weight excluding hydrogens is 336 g/mol. The maximum absolute atomic E-state index is 11.7. The van der Waals surface area contributed by atoms with Crippen LogP contribution >= 0.6 is 0 Å². The third kappa shape index (κ3) is 2.74. The number of anilines is 1. The highest BCUT2D eigenvalue weighted by Crippen LogP contribution is 2.41. The molecule has 2 aliphatic heterocycles. The molecule has 26 heavy (non-hydrogen) atoms. The summed E-state index contributed by atoms with van der Waals surface area (Å²) >= 11 is 0. The van der Waals surface area contributed by atoms with Crippen LogP contribution in [0.4, 0.5) is 5.69 Å². The molecule has 2 N–H and O–H groups in total. The second-order valence-corrected chi connectivity index (χ2v) is 6.36. The average Bonchev–Trinajstić information content (AvgIpc) is 3.03. The summed E-state index contributed by atoms with van der Waals surface area (Å²) in [6.07, 6.45) is 0.513. The van der Waals surface area contributed by atoms with Gasteiger partial charge in [-0.2, -0.15) is 0 Å². The maximum Gasteiger partial charge on any atom is 0.238 e. The van der Waals surface area contributed by atoms with Crippen molar-refractivity contribution in [2.75, 3.05) is 18.1 Å². The average molecular weight is 356 g/mol. The van der Waals surface area contributed by atoms with Gasteiger partial charge in [-0.1, -0.05) is 19.1 Å². The van der Waals surface area contributed by atoms with Gasteiger partial charge in [-0.25, -0.2) is 0 Å². The highest BCUT2D eigenvalue weighted by Gasteiger charge is 2.45. The minimum Gasteiger partial charge on any atom is -0.489 e. The summed E-state index contributed by atoms with van der Waals surface area (Å²) in [7, 11) is 0. The van der Waals surface area contributed by atoms with Crippen LogP contribution in [0, 0.1) is 0 Å². The maximum atomic E-state index is 11.7. The van der Waals surface area contributed by atoms with E-state index in [9.17, 15) is 15.0 Å². The van der Waals surface area contributed by atoms with Crippen LogP contribution in [-0.2, 0) is 4.74 Å². The molecule has 0 aliphatic carbocycles. The zero-order valence-electron chi connectivity index (χ0n) is 14.3. The molecule has 1 saturated heterocycles. The van der Waals surface area contributed by atoms with E-state index in [0.29, 0.717) is 24.5 Å². The van der Waals surface area contributed by atoms with Crippen molar-refractivity contribution in [1.82, 2.24) is 4.98 Å². The van der Waals surface area contributed by atoms with Gasteiger partial charge in [-0.15, -0.1) is 0 Å². The van der Waals surface area contributed by atoms with Crippen LogP contribution in [0.5, 0.6) is 5.75 Å². The SMILES string of the molecule is CCC(=O)c1ccc(-c2ccc3c(c2)OCC2C(CO)OC(O)N32)cn1. The van der Waals surface area contributed by atoms with Crippen molar-refractivity contribution in [2.24, 2.45) is 0 Å². The molecule has 3 unspecified atom stereocenters. The zero-order chi connectivity index (χ0) is 18.3. The molecule has 3 heterocycles. The molecule has 2 aliphatic rings. The lowest BCUT2D eigenvalue weighted by molar-refractivity contribution is -0.101. The number of carbonyl (C=O) groups is 1. The molecule has 7 heteroatoms. The van der Waals surface area contributed by atoms with Crippen molar-refractivity contribution in [2.45, 2.75) is 31.9 Å². The summed E-state index contributed by atoms with van der Waals surface area (Å²) in [6.45, 7) is 1.95. The monoisotopic (exact) mass is 356 g/mol. The minimum atomic E-state index is -1.10. The number of benzene rings is 1. The summed E-state index contributed by atoms with van der Waals surface area (Å²) in [5.74, 6) is 0.645. The minimum absolute atomic E-state index is 0.0119. The highest BCUT2D eigenvalue weighted by atomic mass is 16.7. The van der Waals surface area contributed by atoms with Crippen LogP contribution in [0.2, 0.25) is 0 Å². The zero-order valence-corrected chi connectivity index (χ0v) is 14.3. The number of fused-ring (bicyclic) bond motifs is 3. The Hall–Kier alpha value is -2.48. The molecule has 0 radical (unpaired) electrons. The summed E-state index contributed by atoms with van der Waals surface area (Å²) in [5, 5.41) is 19.6. The van der Waals surface area contributed by atoms with E-state index in [2.05, 4.69) is 4.98 Å². The Morgan fingerprint density at radius 3 is 2.81 bits per heavy atom. The molecular formula is C19H20N2O5. The molecule has 0 spiro atoms. The van der Waals surface area contributed by atoms with E-state index in [4.69, 9.17) is 9.47 Å². The second-order valence-electron chi connectivity index (χ2n) is 6.36. The molecule has 1 aromatic carbocycles. The van der Waals surface area contributed by atoms with E-state index in [1.54, 1.807) is 17.2 Å². The van der Waals surface area contributed by atoms with Gasteiger partial charge in [0.15, 0.2) is 5.78 Å². The van der Waals surface area contributed by atoms with Gasteiger partial charge in [0.2, 0.25) is 6.41 Å². The summed E-state index contributed by atoms with van der Waals surface area (Å²) < 4.78 is 11.2. The first-order chi connectivity index (χ1) is 12.6. The van der Waals surface area contributed by atoms with Gasteiger partial charge in [0, 0.05) is 18.2 Å². The van der Waals surface area contributed by atoms with Gasteiger partial charge in [-0.3, -0.25) is 9.78 Å². The van der Waals surface area contributed by atoms with Crippen molar-refractivity contribution >= 4 is 11.5 Å². The van der Waals surface area contributed by atoms with E-state index in [1.165, 1.54) is 0 Å². The van der Waals surface area contributed by atoms with Gasteiger partial charge < -0.3 is 24.6 Å².